The number of anilines is 1. The first kappa shape index (κ1) is 15.2. The van der Waals surface area contributed by atoms with E-state index >= 15 is 0 Å². The Morgan fingerprint density at radius 2 is 2.05 bits per heavy atom. The molecule has 3 rings (SSSR count). The molecule has 1 atom stereocenters. The Hall–Kier alpha value is -0.750. The third-order valence-corrected chi connectivity index (χ3v) is 9.08. The molecule has 1 aromatic carbocycles. The van der Waals surface area contributed by atoms with Gasteiger partial charge in [0.05, 0.1) is 5.56 Å². The molecule has 2 N–H and O–H groups in total. The summed E-state index contributed by atoms with van der Waals surface area (Å²) in [7, 11) is 0. The molecule has 0 radical (unpaired) electrons. The highest BCUT2D eigenvalue weighted by Crippen LogP contribution is 2.63. The Morgan fingerprint density at radius 1 is 1.29 bits per heavy atom. The van der Waals surface area contributed by atoms with Crippen LogP contribution in [-0.4, -0.2) is 21.5 Å². The highest BCUT2D eigenvalue weighted by Gasteiger charge is 2.29. The molecule has 4 nitrogen and oxygen atoms in total. The minimum Gasteiger partial charge on any atom is -0.315 e. The van der Waals surface area contributed by atoms with E-state index in [1.807, 2.05) is 31.4 Å². The zero-order chi connectivity index (χ0) is 14.9. The van der Waals surface area contributed by atoms with Gasteiger partial charge in [-0.25, -0.2) is 4.76 Å². The smallest absolute Gasteiger partial charge is 0.198 e. The van der Waals surface area contributed by atoms with E-state index in [4.69, 9.17) is 16.6 Å². The van der Waals surface area contributed by atoms with Crippen LogP contribution in [0.3, 0.4) is 0 Å². The van der Waals surface area contributed by atoms with E-state index in [1.165, 1.54) is 5.56 Å². The zero-order valence-electron chi connectivity index (χ0n) is 11.7. The Kier molecular flexibility index (Phi) is 4.45. The molecule has 0 aliphatic carbocycles. The lowest BCUT2D eigenvalue weighted by molar-refractivity contribution is 1.05. The lowest BCUT2D eigenvalue weighted by Crippen LogP contribution is -2.08. The minimum absolute atomic E-state index is 0.843. The standard InChI is InChI=1S/C13H15N4PS3/c1-9-11-12(15-14-9)16-18(19,17-13(11)20-2)21-8-10-6-4-3-5-7-10/h3-7H,8H2,1-2H3,(H2,14,15,16,17,19). The molecule has 0 spiro atoms. The molecule has 21 heavy (non-hydrogen) atoms. The van der Waals surface area contributed by atoms with Crippen LogP contribution in [0.4, 0.5) is 5.82 Å². The maximum Gasteiger partial charge on any atom is 0.198 e. The van der Waals surface area contributed by atoms with Crippen molar-refractivity contribution in [1.29, 1.82) is 0 Å². The zero-order valence-corrected chi connectivity index (χ0v) is 15.0. The number of nitrogens with one attached hydrogen (secondary N) is 2. The van der Waals surface area contributed by atoms with Crippen molar-refractivity contribution in [3.8, 4) is 0 Å². The van der Waals surface area contributed by atoms with Crippen molar-refractivity contribution in [2.24, 2.45) is 4.76 Å². The summed E-state index contributed by atoms with van der Waals surface area (Å²) in [5.74, 6) is 1.70. The van der Waals surface area contributed by atoms with Crippen LogP contribution in [0.2, 0.25) is 0 Å². The van der Waals surface area contributed by atoms with Crippen molar-refractivity contribution in [2.75, 3.05) is 11.3 Å². The van der Waals surface area contributed by atoms with Crippen LogP contribution in [0.15, 0.2) is 35.1 Å². The van der Waals surface area contributed by atoms with Gasteiger partial charge in [-0.15, -0.1) is 11.8 Å². The first-order valence-corrected chi connectivity index (χ1v) is 11.9. The Labute approximate surface area is 137 Å². The van der Waals surface area contributed by atoms with Crippen LogP contribution in [0, 0.1) is 6.92 Å². The molecule has 8 heteroatoms. The van der Waals surface area contributed by atoms with E-state index in [2.05, 4.69) is 27.4 Å². The summed E-state index contributed by atoms with van der Waals surface area (Å²) in [4.78, 5) is 0. The van der Waals surface area contributed by atoms with Crippen molar-refractivity contribution in [3.05, 3.63) is 47.2 Å². The molecule has 0 saturated carbocycles. The third-order valence-electron chi connectivity index (χ3n) is 3.07. The fraction of sp³-hybridized carbons (Fsp3) is 0.231. The summed E-state index contributed by atoms with van der Waals surface area (Å²) >= 11 is 9.12. The van der Waals surface area contributed by atoms with Gasteiger partial charge in [0.2, 0.25) is 0 Å². The van der Waals surface area contributed by atoms with Gasteiger partial charge in [-0.3, -0.25) is 5.10 Å². The fourth-order valence-corrected chi connectivity index (χ4v) is 7.78. The first-order valence-electron chi connectivity index (χ1n) is 6.37. The molecule has 110 valence electrons. The predicted molar refractivity (Wildman–Crippen MR) is 99.0 cm³/mol. The quantitative estimate of drug-likeness (QED) is 0.800. The highest BCUT2D eigenvalue weighted by molar-refractivity contribution is 8.70. The van der Waals surface area contributed by atoms with Gasteiger partial charge in [0, 0.05) is 11.4 Å². The second-order valence-electron chi connectivity index (χ2n) is 4.57. The van der Waals surface area contributed by atoms with Crippen LogP contribution >= 0.6 is 28.7 Å². The summed E-state index contributed by atoms with van der Waals surface area (Å²) < 4.78 is 4.82. The average molecular weight is 354 g/mol. The number of thioether (sulfide) groups is 1. The van der Waals surface area contributed by atoms with E-state index < -0.39 is 5.54 Å². The molecule has 2 heterocycles. The van der Waals surface area contributed by atoms with Crippen LogP contribution in [0.25, 0.3) is 0 Å². The number of hydrogen-bond acceptors (Lipinski definition) is 4. The molecule has 2 aromatic rings. The van der Waals surface area contributed by atoms with Crippen LogP contribution in [0.5, 0.6) is 0 Å². The number of hydrogen-bond donors (Lipinski definition) is 2. The molecule has 0 bridgehead atoms. The Morgan fingerprint density at radius 3 is 2.76 bits per heavy atom. The number of aromatic nitrogens is 2. The number of H-pyrrole nitrogens is 1. The summed E-state index contributed by atoms with van der Waals surface area (Å²) in [6.07, 6.45) is 2.03. The van der Waals surface area contributed by atoms with Crippen LogP contribution < -0.4 is 5.09 Å². The molecule has 0 fully saturated rings. The lowest BCUT2D eigenvalue weighted by Gasteiger charge is -2.24. The molecule has 1 aromatic heterocycles. The maximum absolute atomic E-state index is 5.79. The second kappa shape index (κ2) is 6.16. The Balaban J connectivity index is 1.84. The number of nitrogens with zero attached hydrogens (tertiary/aromatic N) is 2. The molecular weight excluding hydrogens is 339 g/mol. The van der Waals surface area contributed by atoms with Crippen LogP contribution in [-0.2, 0) is 17.6 Å². The van der Waals surface area contributed by atoms with Crippen molar-refractivity contribution in [2.45, 2.75) is 12.7 Å². The van der Waals surface area contributed by atoms with E-state index in [-0.39, 0.29) is 0 Å². The molecule has 1 aliphatic rings. The van der Waals surface area contributed by atoms with E-state index in [1.54, 1.807) is 23.1 Å². The number of aromatic amines is 1. The number of aryl methyl sites for hydroxylation is 1. The Bertz CT molecular complexity index is 726. The summed E-state index contributed by atoms with van der Waals surface area (Å²) in [6.45, 7) is 2.01. The van der Waals surface area contributed by atoms with Crippen molar-refractivity contribution < 1.29 is 0 Å². The van der Waals surface area contributed by atoms with Gasteiger partial charge in [0.25, 0.3) is 0 Å². The topological polar surface area (TPSA) is 53.1 Å². The highest BCUT2D eigenvalue weighted by atomic mass is 32.9. The number of benzene rings is 1. The second-order valence-corrected chi connectivity index (χ2v) is 12.0. The monoisotopic (exact) mass is 354 g/mol. The van der Waals surface area contributed by atoms with Gasteiger partial charge in [0.15, 0.2) is 11.4 Å². The summed E-state index contributed by atoms with van der Waals surface area (Å²) in [6, 6.07) is 10.3. The lowest BCUT2D eigenvalue weighted by atomic mass is 10.2. The van der Waals surface area contributed by atoms with E-state index in [0.717, 1.165) is 27.9 Å². The fourth-order valence-electron chi connectivity index (χ4n) is 2.04. The van der Waals surface area contributed by atoms with Crippen molar-refractivity contribution in [3.63, 3.8) is 0 Å². The van der Waals surface area contributed by atoms with E-state index in [0.29, 0.717) is 0 Å². The van der Waals surface area contributed by atoms with Crippen LogP contribution in [0.1, 0.15) is 16.8 Å². The molecule has 0 amide bonds. The van der Waals surface area contributed by atoms with Gasteiger partial charge in [0.1, 0.15) is 5.04 Å². The largest absolute Gasteiger partial charge is 0.315 e. The summed E-state index contributed by atoms with van der Waals surface area (Å²) in [5.41, 5.74) is 1.26. The van der Waals surface area contributed by atoms with Crippen molar-refractivity contribution >= 4 is 51.4 Å². The van der Waals surface area contributed by atoms with Gasteiger partial charge < -0.3 is 5.09 Å². The number of rotatable bonds is 3. The average Bonchev–Trinajstić information content (AvgIpc) is 2.86. The molecular formula is C13H15N4PS3. The number of fused-ring (bicyclic) bond motifs is 1. The van der Waals surface area contributed by atoms with Gasteiger partial charge in [-0.2, -0.15) is 5.10 Å². The maximum atomic E-state index is 5.79. The normalized spacial score (nSPS) is 20.6. The first-order chi connectivity index (χ1) is 10.1. The molecule has 0 saturated heterocycles. The van der Waals surface area contributed by atoms with Gasteiger partial charge in [-0.05, 0) is 30.5 Å². The van der Waals surface area contributed by atoms with Crippen molar-refractivity contribution in [1.82, 2.24) is 10.2 Å². The summed E-state index contributed by atoms with van der Waals surface area (Å²) in [5, 5.41) is 11.7. The van der Waals surface area contributed by atoms with Gasteiger partial charge >= 0.3 is 0 Å². The predicted octanol–water partition coefficient (Wildman–Crippen LogP) is 4.41. The minimum atomic E-state index is -2.09. The molecule has 1 aliphatic heterocycles. The SMILES string of the molecule is CSC1=NP(=S)(SCc2ccccc2)Nc2n[nH]c(C)c21. The van der Waals surface area contributed by atoms with Gasteiger partial charge in [-0.1, -0.05) is 41.7 Å². The molecule has 1 unspecified atom stereocenters. The van der Waals surface area contributed by atoms with E-state index in [9.17, 15) is 0 Å². The third kappa shape index (κ3) is 3.21.